The van der Waals surface area contributed by atoms with E-state index in [0.717, 1.165) is 22.1 Å². The third kappa shape index (κ3) is 4.94. The normalized spacial score (nSPS) is 12.3. The van der Waals surface area contributed by atoms with E-state index in [1.54, 1.807) is 6.07 Å². The highest BCUT2D eigenvalue weighted by Gasteiger charge is 2.17. The molecule has 3 aromatic rings. The first-order valence-corrected chi connectivity index (χ1v) is 9.98. The zero-order valence-corrected chi connectivity index (χ0v) is 17.8. The Morgan fingerprint density at radius 2 is 1.93 bits per heavy atom. The second-order valence-electron chi connectivity index (χ2n) is 7.83. The number of nitrogens with zero attached hydrogens (tertiary/aromatic N) is 1. The average Bonchev–Trinajstić information content (AvgIpc) is 2.67. The van der Waals surface area contributed by atoms with Crippen LogP contribution in [0.15, 0.2) is 51.7 Å². The molecular weight excluding hydrogens is 383 g/mol. The highest BCUT2D eigenvalue weighted by Crippen LogP contribution is 2.21. The largest absolute Gasteiger partial charge is 0.423 e. The van der Waals surface area contributed by atoms with Gasteiger partial charge in [0.1, 0.15) is 11.4 Å². The smallest absolute Gasteiger partial charge is 0.339 e. The van der Waals surface area contributed by atoms with Crippen molar-refractivity contribution in [2.75, 3.05) is 20.6 Å². The molecule has 5 nitrogen and oxygen atoms in total. The highest BCUT2D eigenvalue weighted by atomic mass is 19.1. The molecule has 0 saturated heterocycles. The predicted octanol–water partition coefficient (Wildman–Crippen LogP) is 3.90. The summed E-state index contributed by atoms with van der Waals surface area (Å²) in [4.78, 5) is 26.8. The van der Waals surface area contributed by atoms with Crippen LogP contribution in [-0.4, -0.2) is 31.4 Å². The fourth-order valence-electron chi connectivity index (χ4n) is 3.64. The van der Waals surface area contributed by atoms with Gasteiger partial charge in [0.25, 0.3) is 0 Å². The molecule has 30 heavy (non-hydrogen) atoms. The van der Waals surface area contributed by atoms with Crippen molar-refractivity contribution in [1.82, 2.24) is 10.2 Å². The van der Waals surface area contributed by atoms with Gasteiger partial charge in [0.15, 0.2) is 0 Å². The highest BCUT2D eigenvalue weighted by molar-refractivity contribution is 5.82. The van der Waals surface area contributed by atoms with Crippen molar-refractivity contribution < 1.29 is 13.6 Å². The zero-order chi connectivity index (χ0) is 21.8. The second-order valence-corrected chi connectivity index (χ2v) is 7.83. The fourth-order valence-corrected chi connectivity index (χ4v) is 3.64. The lowest BCUT2D eigenvalue weighted by Gasteiger charge is -2.25. The quantitative estimate of drug-likeness (QED) is 0.600. The number of benzene rings is 2. The summed E-state index contributed by atoms with van der Waals surface area (Å²) in [6.07, 6.45) is 0.475. The third-order valence-electron chi connectivity index (χ3n) is 5.39. The molecule has 0 fully saturated rings. The average molecular weight is 410 g/mol. The van der Waals surface area contributed by atoms with Crippen molar-refractivity contribution in [2.24, 2.45) is 0 Å². The maximum Gasteiger partial charge on any atom is 0.339 e. The van der Waals surface area contributed by atoms with Gasteiger partial charge in [0.2, 0.25) is 5.91 Å². The van der Waals surface area contributed by atoms with Gasteiger partial charge < -0.3 is 14.6 Å². The lowest BCUT2D eigenvalue weighted by molar-refractivity contribution is -0.121. The van der Waals surface area contributed by atoms with Gasteiger partial charge in [-0.2, -0.15) is 0 Å². The molecule has 0 aliphatic carbocycles. The molecule has 1 aromatic heterocycles. The lowest BCUT2D eigenvalue weighted by Crippen LogP contribution is -2.34. The molecule has 0 aliphatic heterocycles. The van der Waals surface area contributed by atoms with Crippen LogP contribution in [0.3, 0.4) is 0 Å². The standard InChI is InChI=1S/C24H27FN2O3/c1-15-8-9-19-16(2)20(24(29)30-22(19)12-15)10-11-23(28)26-14-21(27(3)4)17-6-5-7-18(25)13-17/h5-9,12-13,21H,10-11,14H2,1-4H3,(H,26,28). The minimum atomic E-state index is -0.399. The Kier molecular flexibility index (Phi) is 6.67. The van der Waals surface area contributed by atoms with Crippen LogP contribution in [0.1, 0.15) is 34.7 Å². The van der Waals surface area contributed by atoms with Gasteiger partial charge in [-0.25, -0.2) is 9.18 Å². The molecule has 0 aliphatic rings. The molecule has 0 radical (unpaired) electrons. The van der Waals surface area contributed by atoms with E-state index in [-0.39, 0.29) is 24.2 Å². The number of likely N-dealkylation sites (N-methyl/N-ethyl adjacent to an activating group) is 1. The number of rotatable bonds is 7. The van der Waals surface area contributed by atoms with E-state index in [1.807, 2.05) is 57.1 Å². The van der Waals surface area contributed by atoms with Gasteiger partial charge in [-0.15, -0.1) is 0 Å². The fraction of sp³-hybridized carbons (Fsp3) is 0.333. The summed E-state index contributed by atoms with van der Waals surface area (Å²) in [5.74, 6) is -0.472. The van der Waals surface area contributed by atoms with Crippen molar-refractivity contribution in [2.45, 2.75) is 32.7 Å². The van der Waals surface area contributed by atoms with Crippen LogP contribution in [0.5, 0.6) is 0 Å². The van der Waals surface area contributed by atoms with Gasteiger partial charge in [-0.3, -0.25) is 4.79 Å². The van der Waals surface area contributed by atoms with E-state index < -0.39 is 5.63 Å². The summed E-state index contributed by atoms with van der Waals surface area (Å²) >= 11 is 0. The number of nitrogens with one attached hydrogen (secondary N) is 1. The Labute approximate surface area is 175 Å². The molecule has 3 rings (SSSR count). The van der Waals surface area contributed by atoms with Crippen molar-refractivity contribution in [3.8, 4) is 0 Å². The molecule has 1 unspecified atom stereocenters. The monoisotopic (exact) mass is 410 g/mol. The predicted molar refractivity (Wildman–Crippen MR) is 116 cm³/mol. The summed E-state index contributed by atoms with van der Waals surface area (Å²) in [5.41, 5.74) is 3.35. The molecular formula is C24H27FN2O3. The van der Waals surface area contributed by atoms with Crippen LogP contribution >= 0.6 is 0 Å². The number of hydrogen-bond donors (Lipinski definition) is 1. The number of carbonyl (C=O) groups is 1. The first-order valence-electron chi connectivity index (χ1n) is 9.98. The van der Waals surface area contributed by atoms with E-state index in [9.17, 15) is 14.0 Å². The Morgan fingerprint density at radius 1 is 1.17 bits per heavy atom. The SMILES string of the molecule is Cc1ccc2c(C)c(CCC(=O)NCC(c3cccc(F)c3)N(C)C)c(=O)oc2c1. The molecule has 158 valence electrons. The molecule has 6 heteroatoms. The van der Waals surface area contributed by atoms with Gasteiger partial charge >= 0.3 is 5.63 Å². The van der Waals surface area contributed by atoms with Crippen LogP contribution < -0.4 is 10.9 Å². The topological polar surface area (TPSA) is 62.6 Å². The summed E-state index contributed by atoms with van der Waals surface area (Å²) < 4.78 is 19.0. The Hall–Kier alpha value is -2.99. The summed E-state index contributed by atoms with van der Waals surface area (Å²) in [5, 5.41) is 3.78. The molecule has 0 bridgehead atoms. The number of amides is 1. The summed E-state index contributed by atoms with van der Waals surface area (Å²) in [6, 6.07) is 12.0. The molecule has 2 aromatic carbocycles. The number of hydrogen-bond acceptors (Lipinski definition) is 4. The van der Waals surface area contributed by atoms with Crippen molar-refractivity contribution in [3.63, 3.8) is 0 Å². The van der Waals surface area contributed by atoms with Crippen molar-refractivity contribution >= 4 is 16.9 Å². The minimum Gasteiger partial charge on any atom is -0.423 e. The van der Waals surface area contributed by atoms with E-state index in [2.05, 4.69) is 5.32 Å². The lowest BCUT2D eigenvalue weighted by atomic mass is 10.0. The first kappa shape index (κ1) is 21.7. The maximum absolute atomic E-state index is 13.6. The number of halogens is 1. The number of carbonyl (C=O) groups excluding carboxylic acids is 1. The summed E-state index contributed by atoms with van der Waals surface area (Å²) in [6.45, 7) is 4.17. The minimum absolute atomic E-state index is 0.152. The van der Waals surface area contributed by atoms with Crippen LogP contribution in [0.4, 0.5) is 4.39 Å². The number of fused-ring (bicyclic) bond motifs is 1. The maximum atomic E-state index is 13.6. The van der Waals surface area contributed by atoms with Gasteiger partial charge in [0.05, 0.1) is 6.04 Å². The van der Waals surface area contributed by atoms with Crippen molar-refractivity contribution in [1.29, 1.82) is 0 Å². The number of aryl methyl sites for hydroxylation is 2. The molecule has 0 spiro atoms. The van der Waals surface area contributed by atoms with Crippen LogP contribution in [-0.2, 0) is 11.2 Å². The molecule has 1 atom stereocenters. The first-order chi connectivity index (χ1) is 14.3. The Balaban J connectivity index is 1.67. The Morgan fingerprint density at radius 3 is 2.63 bits per heavy atom. The zero-order valence-electron chi connectivity index (χ0n) is 17.8. The molecule has 1 heterocycles. The van der Waals surface area contributed by atoms with Crippen LogP contribution in [0, 0.1) is 19.7 Å². The molecule has 1 amide bonds. The summed E-state index contributed by atoms with van der Waals surface area (Å²) in [7, 11) is 3.76. The second kappa shape index (κ2) is 9.22. The molecule has 1 N–H and O–H groups in total. The van der Waals surface area contributed by atoms with E-state index in [4.69, 9.17) is 4.42 Å². The van der Waals surface area contributed by atoms with Crippen molar-refractivity contribution in [3.05, 3.63) is 81.0 Å². The van der Waals surface area contributed by atoms with Gasteiger partial charge in [-0.05, 0) is 69.3 Å². The third-order valence-corrected chi connectivity index (χ3v) is 5.39. The van der Waals surface area contributed by atoms with E-state index in [0.29, 0.717) is 24.1 Å². The van der Waals surface area contributed by atoms with Crippen LogP contribution in [0.2, 0.25) is 0 Å². The van der Waals surface area contributed by atoms with Gasteiger partial charge in [-0.1, -0.05) is 24.3 Å². The van der Waals surface area contributed by atoms with Crippen LogP contribution in [0.25, 0.3) is 11.0 Å². The van der Waals surface area contributed by atoms with E-state index >= 15 is 0 Å². The molecule has 0 saturated carbocycles. The Bertz CT molecular complexity index is 1120. The van der Waals surface area contributed by atoms with E-state index in [1.165, 1.54) is 12.1 Å². The van der Waals surface area contributed by atoms with Gasteiger partial charge in [0, 0.05) is 23.9 Å².